The topological polar surface area (TPSA) is 106 Å². The predicted molar refractivity (Wildman–Crippen MR) is 182 cm³/mol. The summed E-state index contributed by atoms with van der Waals surface area (Å²) < 4.78 is 47.2. The summed E-state index contributed by atoms with van der Waals surface area (Å²) in [6, 6.07) is 16.3. The van der Waals surface area contributed by atoms with Crippen molar-refractivity contribution < 1.29 is 36.4 Å². The van der Waals surface area contributed by atoms with E-state index in [0.717, 1.165) is 53.2 Å². The summed E-state index contributed by atoms with van der Waals surface area (Å²) >= 11 is 0. The van der Waals surface area contributed by atoms with Gasteiger partial charge in [-0.05, 0) is 67.4 Å². The van der Waals surface area contributed by atoms with Crippen LogP contribution in [0.5, 0.6) is 5.75 Å². The Morgan fingerprint density at radius 2 is 1.39 bits per heavy atom. The van der Waals surface area contributed by atoms with Crippen LogP contribution < -0.4 is 14.7 Å². The zero-order chi connectivity index (χ0) is 33.3. The zero-order valence-corrected chi connectivity index (χ0v) is 29.0. The first kappa shape index (κ1) is 37.2. The third kappa shape index (κ3) is 13.2. The van der Waals surface area contributed by atoms with E-state index in [0.29, 0.717) is 39.4 Å². The van der Waals surface area contributed by atoms with Gasteiger partial charge in [0, 0.05) is 24.9 Å². The summed E-state index contributed by atoms with van der Waals surface area (Å²) in [5.74, 6) is 0.697. The van der Waals surface area contributed by atoms with E-state index in [-0.39, 0.29) is 19.0 Å². The van der Waals surface area contributed by atoms with Gasteiger partial charge in [-0.1, -0.05) is 36.4 Å². The third-order valence-electron chi connectivity index (χ3n) is 8.02. The fourth-order valence-electron chi connectivity index (χ4n) is 4.87. The molecule has 3 rings (SSSR count). The lowest BCUT2D eigenvalue weighted by molar-refractivity contribution is -0.936. The van der Waals surface area contributed by atoms with Crippen molar-refractivity contribution in [2.24, 2.45) is 0 Å². The van der Waals surface area contributed by atoms with Gasteiger partial charge in [0.25, 0.3) is 15.8 Å². The SMILES string of the molecule is CC[N+](CC)(CC)Cc1c[nH+]n(CCCS(=O)(=O)OCCOCCOCCOc2ccc(/C=C/c3ccc(N(C)C)cc3)cc2)n1. The molecule has 0 spiro atoms. The number of anilines is 1. The van der Waals surface area contributed by atoms with Crippen LogP contribution in [-0.2, 0) is 36.9 Å². The summed E-state index contributed by atoms with van der Waals surface area (Å²) in [5, 5.41) is 7.70. The van der Waals surface area contributed by atoms with Crippen LogP contribution in [0.15, 0.2) is 54.7 Å². The summed E-state index contributed by atoms with van der Waals surface area (Å²) in [5.41, 5.74) is 4.39. The maximum atomic E-state index is 12.2. The Morgan fingerprint density at radius 3 is 1.98 bits per heavy atom. The number of nitrogens with one attached hydrogen (secondary N) is 1. The monoisotopic (exact) mass is 659 g/mol. The molecule has 0 unspecified atom stereocenters. The normalized spacial score (nSPS) is 12.2. The molecule has 1 aromatic heterocycles. The third-order valence-corrected chi connectivity index (χ3v) is 9.33. The highest BCUT2D eigenvalue weighted by atomic mass is 32.2. The fourth-order valence-corrected chi connectivity index (χ4v) is 5.79. The smallest absolute Gasteiger partial charge is 0.272 e. The van der Waals surface area contributed by atoms with Crippen LogP contribution in [0.2, 0.25) is 0 Å². The maximum absolute atomic E-state index is 12.2. The molecule has 12 heteroatoms. The lowest BCUT2D eigenvalue weighted by Gasteiger charge is -2.33. The molecule has 0 aliphatic carbocycles. The molecule has 254 valence electrons. The van der Waals surface area contributed by atoms with E-state index in [1.165, 1.54) is 5.69 Å². The second-order valence-electron chi connectivity index (χ2n) is 11.3. The molecule has 11 nitrogen and oxygen atoms in total. The number of hydrogen-bond donors (Lipinski definition) is 0. The Hall–Kier alpha value is -3.29. The number of H-pyrrole nitrogens is 1. The van der Waals surface area contributed by atoms with Gasteiger partial charge in [0.15, 0.2) is 12.7 Å². The molecule has 46 heavy (non-hydrogen) atoms. The molecule has 0 radical (unpaired) electrons. The Labute approximate surface area is 275 Å². The fraction of sp³-hybridized carbons (Fsp3) is 0.529. The van der Waals surface area contributed by atoms with E-state index >= 15 is 0 Å². The van der Waals surface area contributed by atoms with Gasteiger partial charge in [0.05, 0.1) is 58.4 Å². The van der Waals surface area contributed by atoms with Crippen LogP contribution in [-0.4, -0.2) is 102 Å². The van der Waals surface area contributed by atoms with E-state index in [9.17, 15) is 8.42 Å². The molecular formula is C34H53N5O6S+2. The molecule has 2 aromatic carbocycles. The number of hydrogen-bond acceptors (Lipinski definition) is 8. The zero-order valence-electron chi connectivity index (χ0n) is 28.2. The van der Waals surface area contributed by atoms with Crippen molar-refractivity contribution in [3.8, 4) is 5.75 Å². The summed E-state index contributed by atoms with van der Waals surface area (Å²) in [7, 11) is 0.428. The average molecular weight is 660 g/mol. The van der Waals surface area contributed by atoms with Crippen LogP contribution in [0.4, 0.5) is 5.69 Å². The first-order valence-corrected chi connectivity index (χ1v) is 17.8. The number of benzene rings is 2. The van der Waals surface area contributed by atoms with Crippen LogP contribution in [0.1, 0.15) is 44.0 Å². The number of aromatic nitrogens is 3. The van der Waals surface area contributed by atoms with Crippen molar-refractivity contribution in [3.63, 3.8) is 0 Å². The van der Waals surface area contributed by atoms with Gasteiger partial charge in [-0.2, -0.15) is 13.5 Å². The molecule has 0 saturated heterocycles. The highest BCUT2D eigenvalue weighted by Crippen LogP contribution is 2.17. The van der Waals surface area contributed by atoms with Gasteiger partial charge in [0.1, 0.15) is 18.9 Å². The number of quaternary nitrogens is 1. The molecule has 0 aliphatic rings. The molecule has 1 heterocycles. The molecule has 0 fully saturated rings. The predicted octanol–water partition coefficient (Wildman–Crippen LogP) is 4.16. The molecule has 0 aliphatic heterocycles. The van der Waals surface area contributed by atoms with Crippen LogP contribution in [0.25, 0.3) is 12.2 Å². The van der Waals surface area contributed by atoms with Crippen molar-refractivity contribution in [1.82, 2.24) is 9.90 Å². The highest BCUT2D eigenvalue weighted by molar-refractivity contribution is 7.86. The van der Waals surface area contributed by atoms with E-state index in [1.807, 2.05) is 44.6 Å². The lowest BCUT2D eigenvalue weighted by Crippen LogP contribution is -2.46. The molecular weight excluding hydrogens is 606 g/mol. The Bertz CT molecular complexity index is 1400. The molecule has 0 amide bonds. The molecule has 1 N–H and O–H groups in total. The number of aryl methyl sites for hydroxylation is 1. The van der Waals surface area contributed by atoms with Gasteiger partial charge in [-0.3, -0.25) is 4.18 Å². The van der Waals surface area contributed by atoms with E-state index in [2.05, 4.69) is 72.3 Å². The first-order chi connectivity index (χ1) is 22.2. The van der Waals surface area contributed by atoms with Gasteiger partial charge in [0.2, 0.25) is 0 Å². The first-order valence-electron chi connectivity index (χ1n) is 16.2. The average Bonchev–Trinajstić information content (AvgIpc) is 3.50. The lowest BCUT2D eigenvalue weighted by atomic mass is 10.1. The number of aromatic amines is 1. The van der Waals surface area contributed by atoms with Crippen molar-refractivity contribution in [3.05, 3.63) is 71.5 Å². The van der Waals surface area contributed by atoms with Gasteiger partial charge >= 0.3 is 0 Å². The van der Waals surface area contributed by atoms with Crippen LogP contribution >= 0.6 is 0 Å². The number of rotatable bonds is 23. The van der Waals surface area contributed by atoms with Crippen molar-refractivity contribution in [1.29, 1.82) is 0 Å². The number of ether oxygens (including phenoxy) is 3. The van der Waals surface area contributed by atoms with Gasteiger partial charge < -0.3 is 23.6 Å². The van der Waals surface area contributed by atoms with Gasteiger partial charge in [-0.15, -0.1) is 0 Å². The van der Waals surface area contributed by atoms with Crippen LogP contribution in [0.3, 0.4) is 0 Å². The van der Waals surface area contributed by atoms with E-state index in [1.54, 1.807) is 4.80 Å². The Kier molecular flexibility index (Phi) is 15.7. The standard InChI is InChI=1S/C34H52N5O6S/c1-6-39(7-2,8-3)29-32-28-35-38(36-32)20-9-27-46(40,41)45-26-24-43-22-21-42-23-25-44-34-18-14-31(15-19-34)11-10-30-12-16-33(17-13-30)37(4)5/h10-19,28H,6-9,20-27,29H2,1-5H3/q+1/p+1/b11-10+. The summed E-state index contributed by atoms with van der Waals surface area (Å²) in [6.45, 7) is 12.8. The van der Waals surface area contributed by atoms with E-state index < -0.39 is 10.1 Å². The molecule has 0 atom stereocenters. The molecule has 3 aromatic rings. The maximum Gasteiger partial charge on any atom is 0.272 e. The second-order valence-corrected chi connectivity index (χ2v) is 13.1. The molecule has 0 saturated carbocycles. The highest BCUT2D eigenvalue weighted by Gasteiger charge is 2.26. The summed E-state index contributed by atoms with van der Waals surface area (Å²) in [4.78, 5) is 3.77. The number of nitrogens with zero attached hydrogens (tertiary/aromatic N) is 4. The van der Waals surface area contributed by atoms with Crippen molar-refractivity contribution in [2.45, 2.75) is 40.3 Å². The minimum Gasteiger partial charge on any atom is -0.491 e. The van der Waals surface area contributed by atoms with Gasteiger partial charge in [-0.25, -0.2) is 0 Å². The van der Waals surface area contributed by atoms with Crippen molar-refractivity contribution in [2.75, 3.05) is 84.0 Å². The second kappa shape index (κ2) is 19.4. The quantitative estimate of drug-likeness (QED) is 0.0647. The largest absolute Gasteiger partial charge is 0.491 e. The van der Waals surface area contributed by atoms with E-state index in [4.69, 9.17) is 18.4 Å². The molecule has 0 bridgehead atoms. The Morgan fingerprint density at radius 1 is 0.826 bits per heavy atom. The minimum atomic E-state index is -3.63. The summed E-state index contributed by atoms with van der Waals surface area (Å²) in [6.07, 6.45) is 6.46. The minimum absolute atomic E-state index is 0.0253. The van der Waals surface area contributed by atoms with Crippen LogP contribution in [0, 0.1) is 0 Å². The Balaban J connectivity index is 1.19. The van der Waals surface area contributed by atoms with Crippen molar-refractivity contribution >= 4 is 28.0 Å².